The van der Waals surface area contributed by atoms with Gasteiger partial charge in [0, 0.05) is 26.6 Å². The number of nitrogens with zero attached hydrogens (tertiary/aromatic N) is 1. The highest BCUT2D eigenvalue weighted by molar-refractivity contribution is 5.85. The van der Waals surface area contributed by atoms with Gasteiger partial charge in [0.2, 0.25) is 0 Å². The molecule has 9 heteroatoms. The number of hydrogen-bond donors (Lipinski definition) is 4. The first-order valence-electron chi connectivity index (χ1n) is 10.3. The Morgan fingerprint density at radius 2 is 1.69 bits per heavy atom. The number of alkyl carbamates (subject to hydrolysis) is 1. The maximum absolute atomic E-state index is 12.3. The number of guanidine groups is 1. The van der Waals surface area contributed by atoms with Crippen molar-refractivity contribution in [3.63, 3.8) is 0 Å². The SMILES string of the molecule is CN=C(NC)NCCC[C@@H](NC(=O)OCC1c2ccccc2-c2ccccc21)C(=O)O.Cl. The number of aliphatic imine (C=N–C) groups is 1. The topological polar surface area (TPSA) is 112 Å². The molecule has 1 amide bonds. The highest BCUT2D eigenvalue weighted by Gasteiger charge is 2.29. The Balaban J connectivity index is 0.00000363. The molecule has 1 atom stereocenters. The first-order valence-corrected chi connectivity index (χ1v) is 10.3. The second kappa shape index (κ2) is 12.0. The van der Waals surface area contributed by atoms with Gasteiger partial charge in [0.15, 0.2) is 5.96 Å². The summed E-state index contributed by atoms with van der Waals surface area (Å²) in [4.78, 5) is 27.9. The van der Waals surface area contributed by atoms with E-state index in [-0.39, 0.29) is 31.4 Å². The zero-order valence-corrected chi connectivity index (χ0v) is 18.9. The lowest BCUT2D eigenvalue weighted by atomic mass is 9.98. The summed E-state index contributed by atoms with van der Waals surface area (Å²) >= 11 is 0. The third-order valence-electron chi connectivity index (χ3n) is 5.36. The number of halogens is 1. The van der Waals surface area contributed by atoms with Gasteiger partial charge in [-0.3, -0.25) is 4.99 Å². The predicted octanol–water partition coefficient (Wildman–Crippen LogP) is 2.98. The molecule has 0 unspecified atom stereocenters. The van der Waals surface area contributed by atoms with E-state index in [0.717, 1.165) is 22.3 Å². The zero-order chi connectivity index (χ0) is 22.2. The lowest BCUT2D eigenvalue weighted by Gasteiger charge is -2.17. The predicted molar refractivity (Wildman–Crippen MR) is 127 cm³/mol. The van der Waals surface area contributed by atoms with Gasteiger partial charge in [-0.05, 0) is 35.1 Å². The van der Waals surface area contributed by atoms with Crippen LogP contribution in [0.2, 0.25) is 0 Å². The van der Waals surface area contributed by atoms with Gasteiger partial charge in [-0.15, -0.1) is 12.4 Å². The first-order chi connectivity index (χ1) is 15.0. The highest BCUT2D eigenvalue weighted by Crippen LogP contribution is 2.44. The number of ether oxygens (including phenoxy) is 1. The van der Waals surface area contributed by atoms with Gasteiger partial charge >= 0.3 is 12.1 Å². The first kappa shape index (κ1) is 25.0. The van der Waals surface area contributed by atoms with Gasteiger partial charge < -0.3 is 25.8 Å². The second-order valence-electron chi connectivity index (χ2n) is 7.25. The van der Waals surface area contributed by atoms with Crippen LogP contribution < -0.4 is 16.0 Å². The normalized spacial score (nSPS) is 13.2. The summed E-state index contributed by atoms with van der Waals surface area (Å²) in [6, 6.07) is 15.1. The van der Waals surface area contributed by atoms with Gasteiger partial charge in [0.1, 0.15) is 12.6 Å². The number of benzene rings is 2. The summed E-state index contributed by atoms with van der Waals surface area (Å²) in [5.74, 6) is -0.540. The molecule has 0 spiro atoms. The molecule has 0 fully saturated rings. The highest BCUT2D eigenvalue weighted by atomic mass is 35.5. The maximum Gasteiger partial charge on any atom is 0.407 e. The third-order valence-corrected chi connectivity index (χ3v) is 5.36. The summed E-state index contributed by atoms with van der Waals surface area (Å²) in [5.41, 5.74) is 4.49. The molecule has 1 aliphatic carbocycles. The summed E-state index contributed by atoms with van der Waals surface area (Å²) in [6.45, 7) is 0.676. The van der Waals surface area contributed by atoms with E-state index in [1.165, 1.54) is 0 Å². The van der Waals surface area contributed by atoms with Gasteiger partial charge in [-0.2, -0.15) is 0 Å². The number of rotatable bonds is 8. The molecule has 0 aromatic heterocycles. The number of carbonyl (C=O) groups excluding carboxylic acids is 1. The lowest BCUT2D eigenvalue weighted by Crippen LogP contribution is -2.42. The Morgan fingerprint density at radius 1 is 1.09 bits per heavy atom. The fraction of sp³-hybridized carbons (Fsp3) is 0.348. The Hall–Kier alpha value is -3.26. The van der Waals surface area contributed by atoms with Crippen molar-refractivity contribution in [3.05, 3.63) is 59.7 Å². The molecule has 1 aliphatic rings. The smallest absolute Gasteiger partial charge is 0.407 e. The van der Waals surface area contributed by atoms with Crippen molar-refractivity contribution in [1.29, 1.82) is 0 Å². The van der Waals surface area contributed by atoms with Crippen LogP contribution in [0.25, 0.3) is 11.1 Å². The third kappa shape index (κ3) is 5.91. The van der Waals surface area contributed by atoms with Crippen LogP contribution in [0.4, 0.5) is 4.79 Å². The number of carbonyl (C=O) groups is 2. The summed E-state index contributed by atoms with van der Waals surface area (Å²) in [7, 11) is 3.39. The Kier molecular flexibility index (Phi) is 9.34. The molecule has 2 aromatic rings. The Bertz CT molecular complexity index is 921. The molecule has 32 heavy (non-hydrogen) atoms. The standard InChI is InChI=1S/C23H28N4O4.ClH/c1-24-22(25-2)26-13-7-12-20(21(28)29)27-23(30)31-14-19-17-10-5-3-8-15(17)16-9-4-6-11-18(16)19;/h3-6,8-11,19-20H,7,12-14H2,1-2H3,(H,27,30)(H,28,29)(H2,24,25,26);1H/t20-;/m1./s1. The van der Waals surface area contributed by atoms with Crippen LogP contribution in [0.15, 0.2) is 53.5 Å². The van der Waals surface area contributed by atoms with Crippen LogP contribution in [-0.4, -0.2) is 56.4 Å². The number of carboxylic acid groups (broad SMARTS) is 1. The molecule has 0 aliphatic heterocycles. The van der Waals surface area contributed by atoms with E-state index in [4.69, 9.17) is 4.74 Å². The molecule has 3 rings (SSSR count). The van der Waals surface area contributed by atoms with E-state index in [9.17, 15) is 14.7 Å². The molecular weight excluding hydrogens is 432 g/mol. The zero-order valence-electron chi connectivity index (χ0n) is 18.1. The van der Waals surface area contributed by atoms with Crippen molar-refractivity contribution in [2.75, 3.05) is 27.2 Å². The largest absolute Gasteiger partial charge is 0.480 e. The number of fused-ring (bicyclic) bond motifs is 3. The van der Waals surface area contributed by atoms with E-state index in [1.54, 1.807) is 14.1 Å². The van der Waals surface area contributed by atoms with Crippen molar-refractivity contribution in [2.45, 2.75) is 24.8 Å². The maximum atomic E-state index is 12.3. The summed E-state index contributed by atoms with van der Waals surface area (Å²) in [5, 5.41) is 17.8. The Labute approximate surface area is 193 Å². The molecule has 4 N–H and O–H groups in total. The minimum atomic E-state index is -1.09. The van der Waals surface area contributed by atoms with Crippen molar-refractivity contribution < 1.29 is 19.4 Å². The van der Waals surface area contributed by atoms with Crippen LogP contribution in [-0.2, 0) is 9.53 Å². The monoisotopic (exact) mass is 460 g/mol. The minimum Gasteiger partial charge on any atom is -0.480 e. The van der Waals surface area contributed by atoms with Crippen molar-refractivity contribution in [1.82, 2.24) is 16.0 Å². The number of hydrogen-bond acceptors (Lipinski definition) is 4. The fourth-order valence-corrected chi connectivity index (χ4v) is 3.83. The van der Waals surface area contributed by atoms with E-state index in [2.05, 4.69) is 33.1 Å². The van der Waals surface area contributed by atoms with Crippen LogP contribution >= 0.6 is 12.4 Å². The second-order valence-corrected chi connectivity index (χ2v) is 7.25. The van der Waals surface area contributed by atoms with E-state index in [1.807, 2.05) is 36.4 Å². The quantitative estimate of drug-likeness (QED) is 0.274. The number of carboxylic acids is 1. The molecule has 0 heterocycles. The van der Waals surface area contributed by atoms with Crippen molar-refractivity contribution >= 4 is 30.4 Å². The molecule has 2 aromatic carbocycles. The van der Waals surface area contributed by atoms with E-state index in [0.29, 0.717) is 18.9 Å². The lowest BCUT2D eigenvalue weighted by molar-refractivity contribution is -0.139. The van der Waals surface area contributed by atoms with Crippen LogP contribution in [0.3, 0.4) is 0 Å². The molecule has 0 saturated heterocycles. The molecular formula is C23H29ClN4O4. The van der Waals surface area contributed by atoms with Crippen molar-refractivity contribution in [2.24, 2.45) is 4.99 Å². The molecule has 0 radical (unpaired) electrons. The Morgan fingerprint density at radius 3 is 2.22 bits per heavy atom. The molecule has 8 nitrogen and oxygen atoms in total. The number of amides is 1. The molecule has 0 saturated carbocycles. The van der Waals surface area contributed by atoms with E-state index < -0.39 is 18.1 Å². The molecule has 0 bridgehead atoms. The van der Waals surface area contributed by atoms with Crippen LogP contribution in [0.1, 0.15) is 29.9 Å². The van der Waals surface area contributed by atoms with Gasteiger partial charge in [0.05, 0.1) is 0 Å². The van der Waals surface area contributed by atoms with Crippen LogP contribution in [0, 0.1) is 0 Å². The molecule has 172 valence electrons. The number of nitrogens with one attached hydrogen (secondary N) is 3. The summed E-state index contributed by atoms with van der Waals surface area (Å²) < 4.78 is 5.44. The van der Waals surface area contributed by atoms with Gasteiger partial charge in [-0.25, -0.2) is 9.59 Å². The van der Waals surface area contributed by atoms with Crippen LogP contribution in [0.5, 0.6) is 0 Å². The number of aliphatic carboxylic acids is 1. The van der Waals surface area contributed by atoms with Gasteiger partial charge in [0.25, 0.3) is 0 Å². The summed E-state index contributed by atoms with van der Waals surface area (Å²) in [6.07, 6.45) is 0.0856. The average molecular weight is 461 g/mol. The van der Waals surface area contributed by atoms with Crippen molar-refractivity contribution in [3.8, 4) is 11.1 Å². The fourth-order valence-electron chi connectivity index (χ4n) is 3.83. The average Bonchev–Trinajstić information content (AvgIpc) is 3.10. The van der Waals surface area contributed by atoms with Gasteiger partial charge in [-0.1, -0.05) is 48.5 Å². The minimum absolute atomic E-state index is 0. The van der Waals surface area contributed by atoms with E-state index >= 15 is 0 Å².